The highest BCUT2D eigenvalue weighted by Gasteiger charge is 2.22. The smallest absolute Gasteiger partial charge is 0.241 e. The van der Waals surface area contributed by atoms with E-state index in [9.17, 15) is 4.79 Å². The fourth-order valence-electron chi connectivity index (χ4n) is 4.00. The first kappa shape index (κ1) is 19.6. The zero-order valence-electron chi connectivity index (χ0n) is 17.2. The Morgan fingerprint density at radius 2 is 1.86 bits per heavy atom. The van der Waals surface area contributed by atoms with Crippen molar-refractivity contribution >= 4 is 11.6 Å². The number of fused-ring (bicyclic) bond motifs is 1. The van der Waals surface area contributed by atoms with Crippen LogP contribution in [0.25, 0.3) is 0 Å². The molecule has 2 aromatic rings. The molecule has 4 rings (SSSR count). The highest BCUT2D eigenvalue weighted by Crippen LogP contribution is 2.32. The Kier molecular flexibility index (Phi) is 5.90. The molecule has 2 aliphatic rings. The summed E-state index contributed by atoms with van der Waals surface area (Å²) in [4.78, 5) is 17.0. The number of para-hydroxylation sites is 1. The predicted octanol–water partition coefficient (Wildman–Crippen LogP) is 3.04. The van der Waals surface area contributed by atoms with Gasteiger partial charge in [-0.1, -0.05) is 31.2 Å². The number of amides is 1. The van der Waals surface area contributed by atoms with Gasteiger partial charge in [0.05, 0.1) is 6.54 Å². The lowest BCUT2D eigenvalue weighted by atomic mass is 10.1. The van der Waals surface area contributed by atoms with Gasteiger partial charge in [-0.25, -0.2) is 0 Å². The number of nitrogens with zero attached hydrogens (tertiary/aromatic N) is 2. The minimum absolute atomic E-state index is 0.165. The molecule has 1 N–H and O–H groups in total. The molecule has 0 saturated carbocycles. The van der Waals surface area contributed by atoms with Gasteiger partial charge >= 0.3 is 0 Å². The van der Waals surface area contributed by atoms with Crippen LogP contribution in [-0.2, 0) is 17.8 Å². The van der Waals surface area contributed by atoms with E-state index in [0.29, 0.717) is 13.3 Å². The number of piperazine rings is 1. The number of aryl methyl sites for hydroxylation is 2. The quantitative estimate of drug-likeness (QED) is 0.815. The van der Waals surface area contributed by atoms with Crippen LogP contribution in [-0.4, -0.2) is 55.2 Å². The second kappa shape index (κ2) is 8.74. The zero-order chi connectivity index (χ0) is 20.2. The monoisotopic (exact) mass is 395 g/mol. The van der Waals surface area contributed by atoms with Crippen molar-refractivity contribution in [2.75, 3.05) is 44.8 Å². The number of carbonyl (C=O) groups excluding carboxylic acids is 1. The van der Waals surface area contributed by atoms with Crippen molar-refractivity contribution in [2.45, 2.75) is 26.8 Å². The van der Waals surface area contributed by atoms with Crippen molar-refractivity contribution in [1.29, 1.82) is 0 Å². The molecule has 2 aliphatic heterocycles. The summed E-state index contributed by atoms with van der Waals surface area (Å²) in [5, 5.41) is 3.37. The lowest BCUT2D eigenvalue weighted by Gasteiger charge is -2.35. The van der Waals surface area contributed by atoms with Crippen LogP contribution in [0.2, 0.25) is 0 Å². The van der Waals surface area contributed by atoms with Crippen LogP contribution in [0, 0.1) is 6.92 Å². The molecule has 1 fully saturated rings. The summed E-state index contributed by atoms with van der Waals surface area (Å²) in [5.41, 5.74) is 4.75. The van der Waals surface area contributed by atoms with E-state index in [1.54, 1.807) is 0 Å². The van der Waals surface area contributed by atoms with Crippen molar-refractivity contribution in [2.24, 2.45) is 0 Å². The van der Waals surface area contributed by atoms with Gasteiger partial charge in [0, 0.05) is 38.4 Å². The number of hydrogen-bond donors (Lipinski definition) is 1. The average molecular weight is 396 g/mol. The molecule has 154 valence electrons. The molecule has 29 heavy (non-hydrogen) atoms. The molecule has 6 nitrogen and oxygen atoms in total. The number of nitrogens with one attached hydrogen (secondary N) is 1. The summed E-state index contributed by atoms with van der Waals surface area (Å²) in [6.45, 7) is 9.02. The van der Waals surface area contributed by atoms with Crippen LogP contribution in [0.4, 0.5) is 5.69 Å². The topological polar surface area (TPSA) is 54.0 Å². The van der Waals surface area contributed by atoms with Gasteiger partial charge in [-0.3, -0.25) is 9.69 Å². The molecule has 0 aromatic heterocycles. The van der Waals surface area contributed by atoms with Gasteiger partial charge in [0.1, 0.15) is 0 Å². The minimum Gasteiger partial charge on any atom is -0.454 e. The average Bonchev–Trinajstić information content (AvgIpc) is 3.21. The van der Waals surface area contributed by atoms with E-state index in [0.717, 1.165) is 56.3 Å². The van der Waals surface area contributed by atoms with E-state index >= 15 is 0 Å². The summed E-state index contributed by atoms with van der Waals surface area (Å²) < 4.78 is 10.8. The molecule has 1 saturated heterocycles. The number of carbonyl (C=O) groups is 1. The molecule has 0 atom stereocenters. The van der Waals surface area contributed by atoms with E-state index in [4.69, 9.17) is 9.47 Å². The molecule has 0 bridgehead atoms. The number of rotatable bonds is 6. The van der Waals surface area contributed by atoms with Gasteiger partial charge in [-0.15, -0.1) is 0 Å². The van der Waals surface area contributed by atoms with Gasteiger partial charge in [-0.2, -0.15) is 0 Å². The maximum Gasteiger partial charge on any atom is 0.241 e. The van der Waals surface area contributed by atoms with Gasteiger partial charge in [0.25, 0.3) is 0 Å². The summed E-state index contributed by atoms with van der Waals surface area (Å²) in [6, 6.07) is 12.4. The number of ether oxygens (including phenoxy) is 2. The van der Waals surface area contributed by atoms with E-state index in [1.807, 2.05) is 11.0 Å². The number of hydrogen-bond acceptors (Lipinski definition) is 5. The summed E-state index contributed by atoms with van der Waals surface area (Å²) in [5.74, 6) is 1.81. The summed E-state index contributed by atoms with van der Waals surface area (Å²) in [7, 11) is 0. The van der Waals surface area contributed by atoms with E-state index < -0.39 is 0 Å². The molecule has 0 unspecified atom stereocenters. The molecule has 2 heterocycles. The first-order chi connectivity index (χ1) is 14.1. The third kappa shape index (κ3) is 4.48. The second-order valence-corrected chi connectivity index (χ2v) is 7.66. The van der Waals surface area contributed by atoms with Crippen molar-refractivity contribution in [3.05, 3.63) is 53.1 Å². The largest absolute Gasteiger partial charge is 0.454 e. The maximum absolute atomic E-state index is 12.7. The highest BCUT2D eigenvalue weighted by atomic mass is 16.7. The lowest BCUT2D eigenvalue weighted by Crippen LogP contribution is -2.49. The molecule has 0 radical (unpaired) electrons. The Morgan fingerprint density at radius 1 is 1.07 bits per heavy atom. The maximum atomic E-state index is 12.7. The van der Waals surface area contributed by atoms with Gasteiger partial charge < -0.3 is 19.7 Å². The lowest BCUT2D eigenvalue weighted by molar-refractivity contribution is -0.131. The van der Waals surface area contributed by atoms with Crippen molar-refractivity contribution < 1.29 is 14.3 Å². The van der Waals surface area contributed by atoms with E-state index in [-0.39, 0.29) is 5.91 Å². The number of benzene rings is 2. The first-order valence-electron chi connectivity index (χ1n) is 10.3. The van der Waals surface area contributed by atoms with Crippen molar-refractivity contribution in [1.82, 2.24) is 9.80 Å². The molecule has 6 heteroatoms. The van der Waals surface area contributed by atoms with Gasteiger partial charge in [0.2, 0.25) is 12.7 Å². The first-order valence-corrected chi connectivity index (χ1v) is 10.3. The molecular weight excluding hydrogens is 366 g/mol. The van der Waals surface area contributed by atoms with Gasteiger partial charge in [-0.05, 0) is 42.2 Å². The van der Waals surface area contributed by atoms with E-state index in [2.05, 4.69) is 54.4 Å². The molecular formula is C23H29N3O3. The molecule has 2 aromatic carbocycles. The summed E-state index contributed by atoms with van der Waals surface area (Å²) in [6.07, 6.45) is 0.955. The third-order valence-corrected chi connectivity index (χ3v) is 5.72. The Labute approximate surface area is 172 Å². The second-order valence-electron chi connectivity index (χ2n) is 7.66. The fraction of sp³-hybridized carbons (Fsp3) is 0.435. The Morgan fingerprint density at radius 3 is 2.66 bits per heavy atom. The van der Waals surface area contributed by atoms with E-state index in [1.165, 1.54) is 16.7 Å². The van der Waals surface area contributed by atoms with Crippen LogP contribution < -0.4 is 14.8 Å². The van der Waals surface area contributed by atoms with Crippen LogP contribution in [0.3, 0.4) is 0 Å². The van der Waals surface area contributed by atoms with Gasteiger partial charge in [0.15, 0.2) is 11.5 Å². The molecule has 1 amide bonds. The normalized spacial score (nSPS) is 16.1. The van der Waals surface area contributed by atoms with Crippen molar-refractivity contribution in [3.8, 4) is 11.5 Å². The van der Waals surface area contributed by atoms with Crippen LogP contribution in [0.5, 0.6) is 11.5 Å². The predicted molar refractivity (Wildman–Crippen MR) is 113 cm³/mol. The standard InChI is InChI=1S/C23H29N3O3/c1-3-19-6-4-5-17(2)23(19)24-14-22(27)26-11-9-25(10-12-26)15-18-7-8-20-21(13-18)29-16-28-20/h4-8,13,24H,3,9-12,14-16H2,1-2H3. The Bertz CT molecular complexity index is 876. The SMILES string of the molecule is CCc1cccc(C)c1NCC(=O)N1CCN(Cc2ccc3c(c2)OCO3)CC1. The van der Waals surface area contributed by atoms with Crippen LogP contribution in [0.15, 0.2) is 36.4 Å². The van der Waals surface area contributed by atoms with Crippen LogP contribution in [0.1, 0.15) is 23.6 Å². The van der Waals surface area contributed by atoms with Crippen molar-refractivity contribution in [3.63, 3.8) is 0 Å². The van der Waals surface area contributed by atoms with Crippen LogP contribution >= 0.6 is 0 Å². The zero-order valence-corrected chi connectivity index (χ0v) is 17.2. The number of anilines is 1. The fourth-order valence-corrected chi connectivity index (χ4v) is 4.00. The molecule has 0 spiro atoms. The molecule has 0 aliphatic carbocycles. The highest BCUT2D eigenvalue weighted by molar-refractivity contribution is 5.81. The Balaban J connectivity index is 1.27. The summed E-state index contributed by atoms with van der Waals surface area (Å²) >= 11 is 0. The third-order valence-electron chi connectivity index (χ3n) is 5.72. The Hall–Kier alpha value is -2.73. The minimum atomic E-state index is 0.165.